The smallest absolute Gasteiger partial charge is 0.326 e. The molecule has 1 aromatic carbocycles. The predicted molar refractivity (Wildman–Crippen MR) is 71.4 cm³/mol. The molecule has 2 amide bonds. The van der Waals surface area contributed by atoms with E-state index in [0.717, 1.165) is 5.56 Å². The zero-order valence-corrected chi connectivity index (χ0v) is 10.9. The molecule has 18 heavy (non-hydrogen) atoms. The summed E-state index contributed by atoms with van der Waals surface area (Å²) >= 11 is 6.04. The summed E-state index contributed by atoms with van der Waals surface area (Å²) in [6.45, 7) is 4.20. The maximum absolute atomic E-state index is 11.4. The number of nitrogens with two attached hydrogens (primary N) is 1. The average Bonchev–Trinajstić information content (AvgIpc) is 2.23. The number of nitrogens with one attached hydrogen (secondary N) is 3. The van der Waals surface area contributed by atoms with Crippen molar-refractivity contribution >= 4 is 29.3 Å². The normalized spacial score (nSPS) is 9.72. The van der Waals surface area contributed by atoms with E-state index in [4.69, 9.17) is 27.5 Å². The Kier molecular flexibility index (Phi) is 4.79. The number of ether oxygens (including phenoxy) is 1. The third kappa shape index (κ3) is 3.81. The Morgan fingerprint density at radius 3 is 2.72 bits per heavy atom. The number of anilines is 1. The van der Waals surface area contributed by atoms with Gasteiger partial charge in [-0.2, -0.15) is 0 Å². The summed E-state index contributed by atoms with van der Waals surface area (Å²) in [6, 6.07) is 2.76. The van der Waals surface area contributed by atoms with Crippen molar-refractivity contribution in [1.29, 1.82) is 5.41 Å². The monoisotopic (exact) mass is 270 g/mol. The molecular formula is C11H15ClN4O2. The van der Waals surface area contributed by atoms with Gasteiger partial charge in [0.1, 0.15) is 5.75 Å². The highest BCUT2D eigenvalue weighted by Gasteiger charge is 2.11. The van der Waals surface area contributed by atoms with E-state index < -0.39 is 12.0 Å². The van der Waals surface area contributed by atoms with Crippen LogP contribution in [-0.2, 0) is 0 Å². The summed E-state index contributed by atoms with van der Waals surface area (Å²) in [7, 11) is 0. The van der Waals surface area contributed by atoms with E-state index >= 15 is 0 Å². The lowest BCUT2D eigenvalue weighted by Crippen LogP contribution is -2.38. The van der Waals surface area contributed by atoms with E-state index in [-0.39, 0.29) is 0 Å². The number of hydrogen-bond donors (Lipinski definition) is 4. The van der Waals surface area contributed by atoms with Crippen LogP contribution in [0, 0.1) is 12.3 Å². The minimum absolute atomic E-state index is 0.358. The molecule has 7 heteroatoms. The highest BCUT2D eigenvalue weighted by atomic mass is 35.5. The number of guanidine groups is 1. The van der Waals surface area contributed by atoms with E-state index in [0.29, 0.717) is 23.1 Å². The Morgan fingerprint density at radius 1 is 1.56 bits per heavy atom. The van der Waals surface area contributed by atoms with Crippen molar-refractivity contribution in [3.63, 3.8) is 0 Å². The number of benzene rings is 1. The number of aryl methyl sites for hydroxylation is 1. The second kappa shape index (κ2) is 6.11. The van der Waals surface area contributed by atoms with Gasteiger partial charge in [-0.05, 0) is 25.5 Å². The van der Waals surface area contributed by atoms with Crippen molar-refractivity contribution in [2.45, 2.75) is 13.8 Å². The minimum Gasteiger partial charge on any atom is -0.494 e. The standard InChI is InChI=1S/C11H15ClN4O2/c1-3-18-7-4-6(2)9(8(12)5-7)15-11(17)16-10(13)14/h4-5H,3H2,1-2H3,(H5,13,14,15,16,17). The Labute approximate surface area is 110 Å². The van der Waals surface area contributed by atoms with Gasteiger partial charge in [0.15, 0.2) is 5.96 Å². The Hall–Kier alpha value is -1.95. The molecule has 0 aromatic heterocycles. The maximum atomic E-state index is 11.4. The number of carbonyl (C=O) groups excluding carboxylic acids is 1. The molecule has 0 heterocycles. The van der Waals surface area contributed by atoms with Gasteiger partial charge in [-0.1, -0.05) is 11.6 Å². The summed E-state index contributed by atoms with van der Waals surface area (Å²) in [5, 5.41) is 11.9. The molecule has 0 saturated carbocycles. The van der Waals surface area contributed by atoms with Crippen LogP contribution in [0.3, 0.4) is 0 Å². The molecule has 0 atom stereocenters. The van der Waals surface area contributed by atoms with Crippen LogP contribution in [-0.4, -0.2) is 18.6 Å². The molecule has 6 nitrogen and oxygen atoms in total. The van der Waals surface area contributed by atoms with Gasteiger partial charge in [0, 0.05) is 6.07 Å². The van der Waals surface area contributed by atoms with Crippen LogP contribution in [0.15, 0.2) is 12.1 Å². The first-order chi connectivity index (χ1) is 8.43. The van der Waals surface area contributed by atoms with Gasteiger partial charge in [-0.25, -0.2) is 4.79 Å². The van der Waals surface area contributed by atoms with Gasteiger partial charge < -0.3 is 15.8 Å². The lowest BCUT2D eigenvalue weighted by atomic mass is 10.2. The number of carbonyl (C=O) groups is 1. The molecule has 1 rings (SSSR count). The van der Waals surface area contributed by atoms with Gasteiger partial charge in [0.25, 0.3) is 0 Å². The van der Waals surface area contributed by atoms with Crippen molar-refractivity contribution in [1.82, 2.24) is 5.32 Å². The highest BCUT2D eigenvalue weighted by molar-refractivity contribution is 6.34. The minimum atomic E-state index is -0.614. The van der Waals surface area contributed by atoms with Gasteiger partial charge in [0.05, 0.1) is 17.3 Å². The lowest BCUT2D eigenvalue weighted by molar-refractivity contribution is 0.256. The number of rotatable bonds is 3. The highest BCUT2D eigenvalue weighted by Crippen LogP contribution is 2.30. The molecule has 0 spiro atoms. The van der Waals surface area contributed by atoms with Crippen LogP contribution < -0.4 is 21.1 Å². The number of urea groups is 1. The van der Waals surface area contributed by atoms with Gasteiger partial charge in [-0.3, -0.25) is 10.7 Å². The summed E-state index contributed by atoms with van der Waals surface area (Å²) in [6.07, 6.45) is 0. The molecule has 1 aromatic rings. The quantitative estimate of drug-likeness (QED) is 0.499. The van der Waals surface area contributed by atoms with E-state index in [1.165, 1.54) is 0 Å². The summed E-state index contributed by atoms with van der Waals surface area (Å²) < 4.78 is 5.33. The topological polar surface area (TPSA) is 100 Å². The van der Waals surface area contributed by atoms with Crippen molar-refractivity contribution in [3.8, 4) is 5.75 Å². The number of hydrogen-bond acceptors (Lipinski definition) is 3. The zero-order valence-electron chi connectivity index (χ0n) is 10.1. The lowest BCUT2D eigenvalue weighted by Gasteiger charge is -2.13. The van der Waals surface area contributed by atoms with Crippen LogP contribution in [0.1, 0.15) is 12.5 Å². The van der Waals surface area contributed by atoms with Crippen molar-refractivity contribution in [2.24, 2.45) is 5.73 Å². The third-order valence-electron chi connectivity index (χ3n) is 2.06. The zero-order chi connectivity index (χ0) is 13.7. The molecule has 0 aliphatic rings. The summed E-state index contributed by atoms with van der Waals surface area (Å²) in [5.41, 5.74) is 6.26. The van der Waals surface area contributed by atoms with Gasteiger partial charge in [0.2, 0.25) is 0 Å². The SMILES string of the molecule is CCOc1cc(C)c(NC(=O)NC(=N)N)c(Cl)c1. The van der Waals surface area contributed by atoms with E-state index in [1.54, 1.807) is 19.1 Å². The Morgan fingerprint density at radius 2 is 2.22 bits per heavy atom. The number of amides is 2. The van der Waals surface area contributed by atoms with Crippen LogP contribution in [0.5, 0.6) is 5.75 Å². The molecule has 0 fully saturated rings. The molecule has 0 unspecified atom stereocenters. The van der Waals surface area contributed by atoms with Gasteiger partial charge in [-0.15, -0.1) is 0 Å². The Bertz CT molecular complexity index is 453. The predicted octanol–water partition coefficient (Wildman–Crippen LogP) is 2.06. The molecule has 98 valence electrons. The van der Waals surface area contributed by atoms with Crippen molar-refractivity contribution in [3.05, 3.63) is 22.7 Å². The largest absolute Gasteiger partial charge is 0.494 e. The first-order valence-corrected chi connectivity index (χ1v) is 5.66. The second-order valence-corrected chi connectivity index (χ2v) is 3.93. The first kappa shape index (κ1) is 14.1. The molecule has 0 aliphatic heterocycles. The van der Waals surface area contributed by atoms with Crippen LogP contribution in [0.4, 0.5) is 10.5 Å². The third-order valence-corrected chi connectivity index (χ3v) is 2.36. The molecular weight excluding hydrogens is 256 g/mol. The second-order valence-electron chi connectivity index (χ2n) is 3.52. The van der Waals surface area contributed by atoms with Crippen molar-refractivity contribution in [2.75, 3.05) is 11.9 Å². The fraction of sp³-hybridized carbons (Fsp3) is 0.273. The van der Waals surface area contributed by atoms with Crippen molar-refractivity contribution < 1.29 is 9.53 Å². The van der Waals surface area contributed by atoms with Crippen LogP contribution in [0.2, 0.25) is 5.02 Å². The Balaban J connectivity index is 2.89. The first-order valence-electron chi connectivity index (χ1n) is 5.29. The molecule has 5 N–H and O–H groups in total. The van der Waals surface area contributed by atoms with Gasteiger partial charge >= 0.3 is 6.03 Å². The maximum Gasteiger partial charge on any atom is 0.326 e. The average molecular weight is 271 g/mol. The fourth-order valence-electron chi connectivity index (χ4n) is 1.39. The molecule has 0 saturated heterocycles. The van der Waals surface area contributed by atoms with E-state index in [2.05, 4.69) is 10.6 Å². The molecule has 0 bridgehead atoms. The molecule has 0 radical (unpaired) electrons. The van der Waals surface area contributed by atoms with E-state index in [1.807, 2.05) is 6.92 Å². The fourth-order valence-corrected chi connectivity index (χ4v) is 1.69. The molecule has 0 aliphatic carbocycles. The number of halogens is 1. The summed E-state index contributed by atoms with van der Waals surface area (Å²) in [4.78, 5) is 11.4. The van der Waals surface area contributed by atoms with Crippen LogP contribution >= 0.6 is 11.6 Å². The van der Waals surface area contributed by atoms with Crippen LogP contribution in [0.25, 0.3) is 0 Å². The van der Waals surface area contributed by atoms with E-state index in [9.17, 15) is 4.79 Å². The summed E-state index contributed by atoms with van der Waals surface area (Å²) in [5.74, 6) is 0.199.